The van der Waals surface area contributed by atoms with E-state index < -0.39 is 0 Å². The summed E-state index contributed by atoms with van der Waals surface area (Å²) in [5.74, 6) is 0.763. The SMILES string of the molecule is c1ccc(C(=NC2CCCCC2)C2CC2)cc1. The Morgan fingerprint density at radius 2 is 1.59 bits per heavy atom. The van der Waals surface area contributed by atoms with Gasteiger partial charge in [-0.25, -0.2) is 0 Å². The second-order valence-corrected chi connectivity index (χ2v) is 5.45. The van der Waals surface area contributed by atoms with Crippen LogP contribution in [0.15, 0.2) is 35.3 Å². The van der Waals surface area contributed by atoms with Crippen molar-refractivity contribution in [2.24, 2.45) is 10.9 Å². The van der Waals surface area contributed by atoms with Crippen LogP contribution in [0.25, 0.3) is 0 Å². The molecule has 0 atom stereocenters. The van der Waals surface area contributed by atoms with Crippen LogP contribution in [0.3, 0.4) is 0 Å². The third-order valence-electron chi connectivity index (χ3n) is 3.93. The third kappa shape index (κ3) is 2.77. The van der Waals surface area contributed by atoms with Crippen LogP contribution in [-0.2, 0) is 0 Å². The van der Waals surface area contributed by atoms with Crippen LogP contribution in [-0.4, -0.2) is 11.8 Å². The quantitative estimate of drug-likeness (QED) is 0.686. The predicted molar refractivity (Wildman–Crippen MR) is 72.6 cm³/mol. The van der Waals surface area contributed by atoms with Crippen molar-refractivity contribution in [3.05, 3.63) is 35.9 Å². The summed E-state index contributed by atoms with van der Waals surface area (Å²) in [6.45, 7) is 0. The number of rotatable bonds is 3. The highest BCUT2D eigenvalue weighted by Crippen LogP contribution is 2.34. The topological polar surface area (TPSA) is 12.4 Å². The average molecular weight is 227 g/mol. The minimum atomic E-state index is 0.611. The van der Waals surface area contributed by atoms with Crippen LogP contribution in [0, 0.1) is 5.92 Å². The smallest absolute Gasteiger partial charge is 0.0503 e. The van der Waals surface area contributed by atoms with E-state index >= 15 is 0 Å². The summed E-state index contributed by atoms with van der Waals surface area (Å²) in [6, 6.07) is 11.4. The molecular formula is C16H21N. The summed E-state index contributed by atoms with van der Waals surface area (Å²) >= 11 is 0. The first kappa shape index (κ1) is 11.0. The molecular weight excluding hydrogens is 206 g/mol. The van der Waals surface area contributed by atoms with Crippen LogP contribution in [0.5, 0.6) is 0 Å². The van der Waals surface area contributed by atoms with Crippen molar-refractivity contribution in [1.82, 2.24) is 0 Å². The van der Waals surface area contributed by atoms with Crippen molar-refractivity contribution in [1.29, 1.82) is 0 Å². The van der Waals surface area contributed by atoms with Crippen molar-refractivity contribution >= 4 is 5.71 Å². The maximum absolute atomic E-state index is 5.08. The van der Waals surface area contributed by atoms with Crippen molar-refractivity contribution in [3.63, 3.8) is 0 Å². The monoisotopic (exact) mass is 227 g/mol. The molecule has 0 radical (unpaired) electrons. The summed E-state index contributed by atoms with van der Waals surface area (Å²) < 4.78 is 0. The van der Waals surface area contributed by atoms with E-state index in [1.807, 2.05) is 0 Å². The zero-order chi connectivity index (χ0) is 11.5. The zero-order valence-corrected chi connectivity index (χ0v) is 10.4. The molecule has 2 fully saturated rings. The Hall–Kier alpha value is -1.11. The Balaban J connectivity index is 1.82. The van der Waals surface area contributed by atoms with Crippen LogP contribution in [0.2, 0.25) is 0 Å². The normalized spacial score (nSPS) is 22.7. The van der Waals surface area contributed by atoms with Gasteiger partial charge in [0.05, 0.1) is 6.04 Å². The van der Waals surface area contributed by atoms with E-state index in [1.165, 1.54) is 56.2 Å². The minimum Gasteiger partial charge on any atom is -0.286 e. The Labute approximate surface area is 104 Å². The Bertz CT molecular complexity index is 383. The van der Waals surface area contributed by atoms with E-state index in [0.717, 1.165) is 5.92 Å². The second kappa shape index (κ2) is 5.03. The molecule has 1 nitrogen and oxygen atoms in total. The van der Waals surface area contributed by atoms with Gasteiger partial charge in [0, 0.05) is 11.6 Å². The Morgan fingerprint density at radius 3 is 2.24 bits per heavy atom. The number of aliphatic imine (C=N–C) groups is 1. The minimum absolute atomic E-state index is 0.611. The van der Waals surface area contributed by atoms with Crippen LogP contribution < -0.4 is 0 Å². The van der Waals surface area contributed by atoms with Crippen LogP contribution in [0.1, 0.15) is 50.5 Å². The molecule has 3 rings (SSSR count). The van der Waals surface area contributed by atoms with Gasteiger partial charge in [0.2, 0.25) is 0 Å². The standard InChI is InChI=1S/C16H21N/c1-3-7-13(8-4-1)16(14-11-12-14)17-15-9-5-2-6-10-15/h1,3-4,7-8,14-15H,2,5-6,9-12H2. The van der Waals surface area contributed by atoms with E-state index in [0.29, 0.717) is 6.04 Å². The van der Waals surface area contributed by atoms with Gasteiger partial charge in [-0.15, -0.1) is 0 Å². The molecule has 17 heavy (non-hydrogen) atoms. The lowest BCUT2D eigenvalue weighted by molar-refractivity contribution is 0.443. The van der Waals surface area contributed by atoms with E-state index in [9.17, 15) is 0 Å². The van der Waals surface area contributed by atoms with Gasteiger partial charge in [-0.05, 0) is 31.2 Å². The fraction of sp³-hybridized carbons (Fsp3) is 0.562. The number of hydrogen-bond donors (Lipinski definition) is 0. The van der Waals surface area contributed by atoms with Gasteiger partial charge in [0.1, 0.15) is 0 Å². The first-order valence-corrected chi connectivity index (χ1v) is 7.06. The lowest BCUT2D eigenvalue weighted by atomic mass is 9.95. The number of hydrogen-bond acceptors (Lipinski definition) is 1. The second-order valence-electron chi connectivity index (χ2n) is 5.45. The molecule has 2 saturated carbocycles. The van der Waals surface area contributed by atoms with E-state index in [2.05, 4.69) is 30.3 Å². The van der Waals surface area contributed by atoms with Crippen molar-refractivity contribution < 1.29 is 0 Å². The van der Waals surface area contributed by atoms with Crippen molar-refractivity contribution in [3.8, 4) is 0 Å². The van der Waals surface area contributed by atoms with Gasteiger partial charge in [0.25, 0.3) is 0 Å². The first-order valence-electron chi connectivity index (χ1n) is 7.06. The molecule has 0 unspecified atom stereocenters. The van der Waals surface area contributed by atoms with Gasteiger partial charge in [-0.2, -0.15) is 0 Å². The molecule has 0 bridgehead atoms. The summed E-state index contributed by atoms with van der Waals surface area (Å²) in [7, 11) is 0. The molecule has 1 aromatic carbocycles. The van der Waals surface area contributed by atoms with Crippen LogP contribution >= 0.6 is 0 Å². The van der Waals surface area contributed by atoms with Gasteiger partial charge in [-0.1, -0.05) is 49.6 Å². The van der Waals surface area contributed by atoms with Crippen molar-refractivity contribution in [2.75, 3.05) is 0 Å². The molecule has 0 aromatic heterocycles. The summed E-state index contributed by atoms with van der Waals surface area (Å²) in [5.41, 5.74) is 2.76. The summed E-state index contributed by atoms with van der Waals surface area (Å²) in [6.07, 6.45) is 9.48. The number of benzene rings is 1. The molecule has 90 valence electrons. The molecule has 0 amide bonds. The molecule has 0 saturated heterocycles. The van der Waals surface area contributed by atoms with Gasteiger partial charge in [-0.3, -0.25) is 4.99 Å². The molecule has 2 aliphatic carbocycles. The first-order chi connectivity index (χ1) is 8.43. The average Bonchev–Trinajstić information content (AvgIpc) is 3.23. The maximum Gasteiger partial charge on any atom is 0.0503 e. The fourth-order valence-electron chi connectivity index (χ4n) is 2.79. The highest BCUT2D eigenvalue weighted by atomic mass is 14.8. The maximum atomic E-state index is 5.08. The highest BCUT2D eigenvalue weighted by Gasteiger charge is 2.29. The Kier molecular flexibility index (Phi) is 3.26. The highest BCUT2D eigenvalue weighted by molar-refractivity contribution is 6.03. The van der Waals surface area contributed by atoms with Crippen LogP contribution in [0.4, 0.5) is 0 Å². The summed E-state index contributed by atoms with van der Waals surface area (Å²) in [5, 5.41) is 0. The lowest BCUT2D eigenvalue weighted by Crippen LogP contribution is -2.14. The molecule has 0 spiro atoms. The fourth-order valence-corrected chi connectivity index (χ4v) is 2.79. The molecule has 1 heteroatoms. The van der Waals surface area contributed by atoms with E-state index in [4.69, 9.17) is 4.99 Å². The molecule has 2 aliphatic rings. The molecule has 0 N–H and O–H groups in total. The molecule has 0 aliphatic heterocycles. The third-order valence-corrected chi connectivity index (χ3v) is 3.93. The van der Waals surface area contributed by atoms with E-state index in [1.54, 1.807) is 0 Å². The lowest BCUT2D eigenvalue weighted by Gasteiger charge is -2.19. The molecule has 1 aromatic rings. The van der Waals surface area contributed by atoms with Gasteiger partial charge >= 0.3 is 0 Å². The predicted octanol–water partition coefficient (Wildman–Crippen LogP) is 4.22. The van der Waals surface area contributed by atoms with Gasteiger partial charge in [0.15, 0.2) is 0 Å². The Morgan fingerprint density at radius 1 is 0.882 bits per heavy atom. The summed E-state index contributed by atoms with van der Waals surface area (Å²) in [4.78, 5) is 5.08. The van der Waals surface area contributed by atoms with Crippen molar-refractivity contribution in [2.45, 2.75) is 51.0 Å². The van der Waals surface area contributed by atoms with Gasteiger partial charge < -0.3 is 0 Å². The number of nitrogens with zero attached hydrogens (tertiary/aromatic N) is 1. The van der Waals surface area contributed by atoms with E-state index in [-0.39, 0.29) is 0 Å². The zero-order valence-electron chi connectivity index (χ0n) is 10.4. The molecule has 0 heterocycles. The largest absolute Gasteiger partial charge is 0.286 e.